The van der Waals surface area contributed by atoms with Gasteiger partial charge in [0, 0.05) is 23.0 Å². The molecule has 0 fully saturated rings. The zero-order valence-corrected chi connectivity index (χ0v) is 12.0. The van der Waals surface area contributed by atoms with Crippen molar-refractivity contribution in [3.63, 3.8) is 0 Å². The minimum absolute atomic E-state index is 0.223. The summed E-state index contributed by atoms with van der Waals surface area (Å²) in [5.41, 5.74) is 1.09. The molecule has 0 heterocycles. The highest BCUT2D eigenvalue weighted by atomic mass is 35.5. The fourth-order valence-corrected chi connectivity index (χ4v) is 1.92. The van der Waals surface area contributed by atoms with E-state index in [1.165, 1.54) is 0 Å². The number of nitrogens with one attached hydrogen (secondary N) is 1. The van der Waals surface area contributed by atoms with Crippen LogP contribution >= 0.6 is 11.6 Å². The largest absolute Gasteiger partial charge is 0.492 e. The first-order valence-electron chi connectivity index (χ1n) is 6.24. The highest BCUT2D eigenvalue weighted by Gasteiger charge is 2.11. The quantitative estimate of drug-likeness (QED) is 0.624. The smallest absolute Gasteiger partial charge is 0.124 e. The van der Waals surface area contributed by atoms with Crippen molar-refractivity contribution < 1.29 is 4.74 Å². The van der Waals surface area contributed by atoms with E-state index in [1.54, 1.807) is 0 Å². The summed E-state index contributed by atoms with van der Waals surface area (Å²) in [6.45, 7) is 7.54. The van der Waals surface area contributed by atoms with Gasteiger partial charge in [0.15, 0.2) is 0 Å². The zero-order valence-electron chi connectivity index (χ0n) is 11.2. The SMILES string of the molecule is CC#CCCOc1ccc(Cl)cc1C(C)NCC. The Bertz CT molecular complexity index is 434. The Hall–Kier alpha value is -1.17. The molecule has 0 aliphatic rings. The molecule has 0 spiro atoms. The van der Waals surface area contributed by atoms with Crippen molar-refractivity contribution in [2.75, 3.05) is 13.2 Å². The number of ether oxygens (including phenoxy) is 1. The van der Waals surface area contributed by atoms with E-state index in [0.717, 1.165) is 29.3 Å². The summed E-state index contributed by atoms with van der Waals surface area (Å²) in [4.78, 5) is 0. The molecule has 0 aliphatic carbocycles. The summed E-state index contributed by atoms with van der Waals surface area (Å²) in [5, 5.41) is 4.10. The number of hydrogen-bond donors (Lipinski definition) is 1. The predicted octanol–water partition coefficient (Wildman–Crippen LogP) is 3.80. The fourth-order valence-electron chi connectivity index (χ4n) is 1.74. The monoisotopic (exact) mass is 265 g/mol. The van der Waals surface area contributed by atoms with Gasteiger partial charge in [-0.05, 0) is 38.6 Å². The van der Waals surface area contributed by atoms with Crippen LogP contribution in [0.4, 0.5) is 0 Å². The minimum atomic E-state index is 0.223. The van der Waals surface area contributed by atoms with Gasteiger partial charge in [0.2, 0.25) is 0 Å². The van der Waals surface area contributed by atoms with Crippen LogP contribution in [-0.2, 0) is 0 Å². The standard InChI is InChI=1S/C15H20ClNO/c1-4-6-7-10-18-15-9-8-13(16)11-14(15)12(3)17-5-2/h8-9,11-12,17H,5,7,10H2,1-3H3. The average Bonchev–Trinajstić information content (AvgIpc) is 2.36. The van der Waals surface area contributed by atoms with Gasteiger partial charge < -0.3 is 10.1 Å². The number of rotatable bonds is 6. The lowest BCUT2D eigenvalue weighted by atomic mass is 10.1. The molecule has 1 rings (SSSR count). The normalized spacial score (nSPS) is 11.6. The first kappa shape index (κ1) is 14.9. The molecule has 1 aromatic rings. The number of halogens is 1. The molecular weight excluding hydrogens is 246 g/mol. The van der Waals surface area contributed by atoms with Crippen LogP contribution in [0.3, 0.4) is 0 Å². The van der Waals surface area contributed by atoms with Crippen molar-refractivity contribution >= 4 is 11.6 Å². The van der Waals surface area contributed by atoms with Crippen LogP contribution in [0.25, 0.3) is 0 Å². The minimum Gasteiger partial charge on any atom is -0.492 e. The maximum atomic E-state index is 6.04. The third kappa shape index (κ3) is 4.60. The second-order valence-corrected chi connectivity index (χ2v) is 4.42. The van der Waals surface area contributed by atoms with Gasteiger partial charge in [-0.1, -0.05) is 18.5 Å². The Balaban J connectivity index is 2.77. The van der Waals surface area contributed by atoms with Crippen molar-refractivity contribution in [3.05, 3.63) is 28.8 Å². The summed E-state index contributed by atoms with van der Waals surface area (Å²) in [6.07, 6.45) is 0.744. The summed E-state index contributed by atoms with van der Waals surface area (Å²) >= 11 is 6.04. The summed E-state index contributed by atoms with van der Waals surface area (Å²) in [6, 6.07) is 5.95. The molecule has 0 saturated heterocycles. The summed E-state index contributed by atoms with van der Waals surface area (Å²) < 4.78 is 5.76. The molecule has 0 amide bonds. The molecule has 0 aromatic heterocycles. The van der Waals surface area contributed by atoms with E-state index in [4.69, 9.17) is 16.3 Å². The molecule has 1 atom stereocenters. The van der Waals surface area contributed by atoms with Crippen molar-refractivity contribution in [2.24, 2.45) is 0 Å². The molecule has 98 valence electrons. The van der Waals surface area contributed by atoms with Crippen molar-refractivity contribution in [3.8, 4) is 17.6 Å². The number of hydrogen-bond acceptors (Lipinski definition) is 2. The molecule has 1 unspecified atom stereocenters. The van der Waals surface area contributed by atoms with Gasteiger partial charge in [0.05, 0.1) is 6.61 Å². The van der Waals surface area contributed by atoms with Crippen LogP contribution < -0.4 is 10.1 Å². The van der Waals surface area contributed by atoms with E-state index >= 15 is 0 Å². The van der Waals surface area contributed by atoms with Crippen LogP contribution in [0.2, 0.25) is 5.02 Å². The first-order valence-corrected chi connectivity index (χ1v) is 6.62. The van der Waals surface area contributed by atoms with Gasteiger partial charge in [-0.25, -0.2) is 0 Å². The number of benzene rings is 1. The van der Waals surface area contributed by atoms with Crippen LogP contribution in [0, 0.1) is 11.8 Å². The first-order chi connectivity index (χ1) is 8.69. The Morgan fingerprint density at radius 2 is 2.22 bits per heavy atom. The highest BCUT2D eigenvalue weighted by molar-refractivity contribution is 6.30. The molecule has 3 heteroatoms. The third-order valence-electron chi connectivity index (χ3n) is 2.61. The fraction of sp³-hybridized carbons (Fsp3) is 0.467. The van der Waals surface area contributed by atoms with Gasteiger partial charge in [-0.2, -0.15) is 0 Å². The molecule has 0 saturated carbocycles. The lowest BCUT2D eigenvalue weighted by Gasteiger charge is -2.17. The molecule has 1 N–H and O–H groups in total. The van der Waals surface area contributed by atoms with Gasteiger partial charge >= 0.3 is 0 Å². The van der Waals surface area contributed by atoms with Crippen molar-refractivity contribution in [1.82, 2.24) is 5.32 Å². The predicted molar refractivity (Wildman–Crippen MR) is 77.1 cm³/mol. The molecule has 0 aliphatic heterocycles. The lowest BCUT2D eigenvalue weighted by Crippen LogP contribution is -2.18. The lowest BCUT2D eigenvalue weighted by molar-refractivity contribution is 0.320. The Morgan fingerprint density at radius 3 is 2.89 bits per heavy atom. The molecule has 1 aromatic carbocycles. The van der Waals surface area contributed by atoms with Crippen molar-refractivity contribution in [1.29, 1.82) is 0 Å². The Labute approximate surface area is 115 Å². The average molecular weight is 266 g/mol. The van der Waals surface area contributed by atoms with E-state index < -0.39 is 0 Å². The van der Waals surface area contributed by atoms with Gasteiger partial charge in [0.1, 0.15) is 5.75 Å². The van der Waals surface area contributed by atoms with Crippen LogP contribution in [0.1, 0.15) is 38.8 Å². The van der Waals surface area contributed by atoms with Crippen molar-refractivity contribution in [2.45, 2.75) is 33.2 Å². The molecule has 18 heavy (non-hydrogen) atoms. The second kappa shape index (κ2) is 8.02. The van der Waals surface area contributed by atoms with E-state index in [0.29, 0.717) is 6.61 Å². The highest BCUT2D eigenvalue weighted by Crippen LogP contribution is 2.28. The Morgan fingerprint density at radius 1 is 1.44 bits per heavy atom. The summed E-state index contributed by atoms with van der Waals surface area (Å²) in [7, 11) is 0. The maximum Gasteiger partial charge on any atom is 0.124 e. The van der Waals surface area contributed by atoms with Crippen LogP contribution in [0.15, 0.2) is 18.2 Å². The van der Waals surface area contributed by atoms with E-state index in [-0.39, 0.29) is 6.04 Å². The molecule has 0 bridgehead atoms. The summed E-state index contributed by atoms with van der Waals surface area (Å²) in [5.74, 6) is 6.72. The Kier molecular flexibility index (Phi) is 6.64. The van der Waals surface area contributed by atoms with Crippen LogP contribution in [-0.4, -0.2) is 13.2 Å². The van der Waals surface area contributed by atoms with Gasteiger partial charge in [0.25, 0.3) is 0 Å². The topological polar surface area (TPSA) is 21.3 Å². The third-order valence-corrected chi connectivity index (χ3v) is 2.85. The van der Waals surface area contributed by atoms with Crippen LogP contribution in [0.5, 0.6) is 5.75 Å². The second-order valence-electron chi connectivity index (χ2n) is 3.99. The molecule has 0 radical (unpaired) electrons. The maximum absolute atomic E-state index is 6.04. The van der Waals surface area contributed by atoms with E-state index in [1.807, 2.05) is 25.1 Å². The van der Waals surface area contributed by atoms with Gasteiger partial charge in [-0.15, -0.1) is 11.8 Å². The molecular formula is C15H20ClNO. The molecule has 2 nitrogen and oxygen atoms in total. The zero-order chi connectivity index (χ0) is 13.4. The van der Waals surface area contributed by atoms with E-state index in [2.05, 4.69) is 31.0 Å². The van der Waals surface area contributed by atoms with E-state index in [9.17, 15) is 0 Å². The van der Waals surface area contributed by atoms with Gasteiger partial charge in [-0.3, -0.25) is 0 Å².